The van der Waals surface area contributed by atoms with E-state index in [1.807, 2.05) is 13.8 Å². The van der Waals surface area contributed by atoms with E-state index in [1.54, 1.807) is 43.5 Å². The van der Waals surface area contributed by atoms with Crippen molar-refractivity contribution >= 4 is 17.6 Å². The van der Waals surface area contributed by atoms with Gasteiger partial charge in [-0.1, -0.05) is 23.7 Å². The van der Waals surface area contributed by atoms with Crippen molar-refractivity contribution in [2.24, 2.45) is 0 Å². The summed E-state index contributed by atoms with van der Waals surface area (Å²) in [6.45, 7) is 4.65. The molecule has 0 saturated heterocycles. The number of halogens is 1. The third-order valence-electron chi connectivity index (χ3n) is 3.91. The Labute approximate surface area is 158 Å². The molecule has 0 radical (unpaired) electrons. The van der Waals surface area contributed by atoms with E-state index in [2.05, 4.69) is 0 Å². The molecule has 140 valence electrons. The van der Waals surface area contributed by atoms with Gasteiger partial charge < -0.3 is 19.3 Å². The Bertz CT molecular complexity index is 743. The van der Waals surface area contributed by atoms with Crippen LogP contribution in [0.25, 0.3) is 0 Å². The van der Waals surface area contributed by atoms with Crippen molar-refractivity contribution in [2.75, 3.05) is 20.3 Å². The summed E-state index contributed by atoms with van der Waals surface area (Å²) in [6.07, 6.45) is 0.286. The summed E-state index contributed by atoms with van der Waals surface area (Å²) in [6, 6.07) is 10.5. The van der Waals surface area contributed by atoms with Gasteiger partial charge in [0.25, 0.3) is 0 Å². The zero-order chi connectivity index (χ0) is 19.1. The third kappa shape index (κ3) is 4.82. The minimum absolute atomic E-state index is 0.286. The van der Waals surface area contributed by atoms with Crippen LogP contribution in [0.15, 0.2) is 36.4 Å². The molecule has 0 heterocycles. The average molecular weight is 379 g/mol. The molecule has 2 aromatic rings. The minimum Gasteiger partial charge on any atom is -0.497 e. The van der Waals surface area contributed by atoms with Gasteiger partial charge in [-0.15, -0.1) is 0 Å². The molecule has 6 heteroatoms. The number of carboxylic acid groups (broad SMARTS) is 1. The number of hydrogen-bond donors (Lipinski definition) is 1. The van der Waals surface area contributed by atoms with Gasteiger partial charge in [0.15, 0.2) is 11.5 Å². The second-order valence-electron chi connectivity index (χ2n) is 5.64. The van der Waals surface area contributed by atoms with Crippen LogP contribution in [0, 0.1) is 0 Å². The molecule has 2 aromatic carbocycles. The molecule has 0 aromatic heterocycles. The summed E-state index contributed by atoms with van der Waals surface area (Å²) in [4.78, 5) is 11.8. The first-order valence-electron chi connectivity index (χ1n) is 8.44. The van der Waals surface area contributed by atoms with Gasteiger partial charge in [-0.25, -0.2) is 0 Å². The highest BCUT2D eigenvalue weighted by atomic mass is 35.5. The molecule has 0 aliphatic rings. The summed E-state index contributed by atoms with van der Waals surface area (Å²) in [5.74, 6) is 0.0787. The van der Waals surface area contributed by atoms with Crippen molar-refractivity contribution in [1.29, 1.82) is 0 Å². The Morgan fingerprint density at radius 1 is 1.12 bits per heavy atom. The Morgan fingerprint density at radius 2 is 1.77 bits per heavy atom. The quantitative estimate of drug-likeness (QED) is 0.693. The van der Waals surface area contributed by atoms with Gasteiger partial charge in [0.1, 0.15) is 5.75 Å². The predicted octanol–water partition coefficient (Wildman–Crippen LogP) is 4.56. The fraction of sp³-hybridized carbons (Fsp3) is 0.350. The first kappa shape index (κ1) is 19.9. The summed E-state index contributed by atoms with van der Waals surface area (Å²) >= 11 is 6.33. The number of hydrogen-bond acceptors (Lipinski definition) is 4. The van der Waals surface area contributed by atoms with Gasteiger partial charge in [-0.2, -0.15) is 0 Å². The highest BCUT2D eigenvalue weighted by Gasteiger charge is 2.22. The van der Waals surface area contributed by atoms with Gasteiger partial charge in [0.05, 0.1) is 31.3 Å². The average Bonchev–Trinajstić information content (AvgIpc) is 2.62. The highest BCUT2D eigenvalue weighted by molar-refractivity contribution is 6.32. The highest BCUT2D eigenvalue weighted by Crippen LogP contribution is 2.38. The predicted molar refractivity (Wildman–Crippen MR) is 101 cm³/mol. The summed E-state index contributed by atoms with van der Waals surface area (Å²) in [5, 5.41) is 10.1. The topological polar surface area (TPSA) is 65.0 Å². The lowest BCUT2D eigenvalue weighted by Crippen LogP contribution is -2.14. The normalized spacial score (nSPS) is 11.7. The van der Waals surface area contributed by atoms with Crippen molar-refractivity contribution in [3.8, 4) is 17.2 Å². The second kappa shape index (κ2) is 9.34. The number of ether oxygens (including phenoxy) is 3. The first-order valence-corrected chi connectivity index (χ1v) is 8.82. The van der Waals surface area contributed by atoms with Gasteiger partial charge >= 0.3 is 5.97 Å². The number of rotatable bonds is 9. The molecular formula is C20H23ClO5. The standard InChI is InChI=1S/C20H23ClO5/c1-4-25-18-12-13(11-17(21)19(18)26-5-2)10-16(20(22)23)14-6-8-15(24-3)9-7-14/h6-9,11-12,16H,4-5,10H2,1-3H3,(H,22,23). The van der Waals surface area contributed by atoms with Crippen molar-refractivity contribution < 1.29 is 24.1 Å². The van der Waals surface area contributed by atoms with Crippen LogP contribution in [0.2, 0.25) is 5.02 Å². The fourth-order valence-electron chi connectivity index (χ4n) is 2.71. The summed E-state index contributed by atoms with van der Waals surface area (Å²) in [7, 11) is 1.57. The molecule has 5 nitrogen and oxygen atoms in total. The van der Waals surface area contributed by atoms with Crippen LogP contribution < -0.4 is 14.2 Å². The van der Waals surface area contributed by atoms with E-state index < -0.39 is 11.9 Å². The molecule has 0 fully saturated rings. The van der Waals surface area contributed by atoms with Crippen LogP contribution in [0.4, 0.5) is 0 Å². The van der Waals surface area contributed by atoms with Crippen LogP contribution in [-0.2, 0) is 11.2 Å². The van der Waals surface area contributed by atoms with Gasteiger partial charge in [-0.05, 0) is 55.7 Å². The number of carbonyl (C=O) groups is 1. The molecule has 0 aliphatic carbocycles. The Hall–Kier alpha value is -2.40. The van der Waals surface area contributed by atoms with Crippen molar-refractivity contribution in [1.82, 2.24) is 0 Å². The zero-order valence-electron chi connectivity index (χ0n) is 15.1. The summed E-state index contributed by atoms with van der Waals surface area (Å²) in [5.41, 5.74) is 1.46. The number of aliphatic carboxylic acids is 1. The molecule has 0 aliphatic heterocycles. The molecule has 1 unspecified atom stereocenters. The molecule has 2 rings (SSSR count). The van der Waals surface area contributed by atoms with E-state index in [0.29, 0.717) is 41.0 Å². The Morgan fingerprint density at radius 3 is 2.31 bits per heavy atom. The Kier molecular flexibility index (Phi) is 7.16. The first-order chi connectivity index (χ1) is 12.5. The largest absolute Gasteiger partial charge is 0.497 e. The maximum absolute atomic E-state index is 11.8. The van der Waals surface area contributed by atoms with E-state index in [9.17, 15) is 9.90 Å². The fourth-order valence-corrected chi connectivity index (χ4v) is 2.99. The SMILES string of the molecule is CCOc1cc(CC(C(=O)O)c2ccc(OC)cc2)cc(Cl)c1OCC. The lowest BCUT2D eigenvalue weighted by molar-refractivity contribution is -0.138. The van der Waals surface area contributed by atoms with E-state index in [4.69, 9.17) is 25.8 Å². The van der Waals surface area contributed by atoms with Gasteiger partial charge in [0, 0.05) is 0 Å². The van der Waals surface area contributed by atoms with E-state index in [1.165, 1.54) is 0 Å². The molecule has 1 atom stereocenters. The zero-order valence-corrected chi connectivity index (χ0v) is 15.9. The molecule has 1 N–H and O–H groups in total. The molecule has 0 amide bonds. The van der Waals surface area contributed by atoms with Crippen molar-refractivity contribution in [2.45, 2.75) is 26.2 Å². The summed E-state index contributed by atoms with van der Waals surface area (Å²) < 4.78 is 16.3. The van der Waals surface area contributed by atoms with Crippen LogP contribution in [0.1, 0.15) is 30.9 Å². The van der Waals surface area contributed by atoms with Crippen LogP contribution in [0.5, 0.6) is 17.2 Å². The number of carboxylic acids is 1. The smallest absolute Gasteiger partial charge is 0.311 e. The minimum atomic E-state index is -0.905. The van der Waals surface area contributed by atoms with E-state index in [0.717, 1.165) is 5.56 Å². The van der Waals surface area contributed by atoms with E-state index >= 15 is 0 Å². The maximum atomic E-state index is 11.8. The molecular weight excluding hydrogens is 356 g/mol. The third-order valence-corrected chi connectivity index (χ3v) is 4.19. The van der Waals surface area contributed by atoms with Crippen molar-refractivity contribution in [3.05, 3.63) is 52.5 Å². The van der Waals surface area contributed by atoms with Gasteiger partial charge in [-0.3, -0.25) is 4.79 Å². The molecule has 0 spiro atoms. The molecule has 0 saturated carbocycles. The molecule has 0 bridgehead atoms. The van der Waals surface area contributed by atoms with Crippen molar-refractivity contribution in [3.63, 3.8) is 0 Å². The monoisotopic (exact) mass is 378 g/mol. The second-order valence-corrected chi connectivity index (χ2v) is 6.05. The van der Waals surface area contributed by atoms with Crippen LogP contribution in [0.3, 0.4) is 0 Å². The van der Waals surface area contributed by atoms with Crippen LogP contribution >= 0.6 is 11.6 Å². The number of benzene rings is 2. The van der Waals surface area contributed by atoms with Crippen LogP contribution in [-0.4, -0.2) is 31.4 Å². The number of methoxy groups -OCH3 is 1. The maximum Gasteiger partial charge on any atom is 0.311 e. The lowest BCUT2D eigenvalue weighted by atomic mass is 9.92. The van der Waals surface area contributed by atoms with E-state index in [-0.39, 0.29) is 6.42 Å². The Balaban J connectivity index is 2.34. The van der Waals surface area contributed by atoms with Gasteiger partial charge in [0.2, 0.25) is 0 Å². The lowest BCUT2D eigenvalue weighted by Gasteiger charge is -2.17. The molecule has 26 heavy (non-hydrogen) atoms.